The number of rotatable bonds is 1. The number of imide groups is 1. The van der Waals surface area contributed by atoms with Crippen LogP contribution in [0.15, 0.2) is 18.2 Å². The molecule has 1 fully saturated rings. The molecule has 1 atom stereocenters. The maximum atomic E-state index is 12.3. The molecule has 3 N–H and O–H groups in total. The van der Waals surface area contributed by atoms with E-state index in [-0.39, 0.29) is 27.3 Å². The molecule has 2 amide bonds. The Morgan fingerprint density at radius 2 is 1.88 bits per heavy atom. The largest absolute Gasteiger partial charge is 0.369 e. The van der Waals surface area contributed by atoms with Gasteiger partial charge < -0.3 is 10.6 Å². The van der Waals surface area contributed by atoms with Crippen molar-refractivity contribution in [1.82, 2.24) is 5.06 Å². The van der Waals surface area contributed by atoms with Gasteiger partial charge in [0.2, 0.25) is 0 Å². The molecule has 0 aliphatic carbocycles. The van der Waals surface area contributed by atoms with Crippen LogP contribution in [0.5, 0.6) is 0 Å². The van der Waals surface area contributed by atoms with Crippen LogP contribution in [0.3, 0.4) is 0 Å². The summed E-state index contributed by atoms with van der Waals surface area (Å²) in [6.07, 6.45) is 0.834. The fraction of sp³-hybridized carbons (Fsp3) is 0.250. The first-order valence-electron chi connectivity index (χ1n) is 7.43. The van der Waals surface area contributed by atoms with Gasteiger partial charge >= 0.3 is 0 Å². The number of hydrogen-bond acceptors (Lipinski definition) is 5. The summed E-state index contributed by atoms with van der Waals surface area (Å²) < 4.78 is 0. The summed E-state index contributed by atoms with van der Waals surface area (Å²) in [5.41, 5.74) is 7.00. The van der Waals surface area contributed by atoms with Crippen molar-refractivity contribution in [2.45, 2.75) is 12.5 Å². The first-order chi connectivity index (χ1) is 11.4. The van der Waals surface area contributed by atoms with Crippen molar-refractivity contribution in [3.63, 3.8) is 0 Å². The van der Waals surface area contributed by atoms with Gasteiger partial charge in [-0.25, -0.2) is 0 Å². The number of nitrogens with zero attached hydrogens (tertiary/aromatic N) is 2. The van der Waals surface area contributed by atoms with Crippen molar-refractivity contribution in [2.75, 3.05) is 18.0 Å². The van der Waals surface area contributed by atoms with Gasteiger partial charge in [0.1, 0.15) is 0 Å². The Balaban J connectivity index is 2.10. The lowest BCUT2D eigenvalue weighted by Gasteiger charge is -2.27. The molecule has 6 nitrogen and oxygen atoms in total. The van der Waals surface area contributed by atoms with Crippen molar-refractivity contribution < 1.29 is 14.8 Å². The van der Waals surface area contributed by atoms with Crippen molar-refractivity contribution in [2.24, 2.45) is 5.73 Å². The Labute approximate surface area is 147 Å². The monoisotopic (exact) mass is 365 g/mol. The summed E-state index contributed by atoms with van der Waals surface area (Å²) in [5, 5.41) is 11.4. The normalized spacial score (nSPS) is 20.4. The van der Waals surface area contributed by atoms with E-state index in [1.165, 1.54) is 6.07 Å². The molecule has 8 heteroatoms. The van der Waals surface area contributed by atoms with E-state index in [2.05, 4.69) is 0 Å². The Morgan fingerprint density at radius 3 is 2.54 bits per heavy atom. The Hall–Kier alpha value is -1.86. The lowest BCUT2D eigenvalue weighted by atomic mass is 9.93. The lowest BCUT2D eigenvalue weighted by Crippen LogP contribution is -2.38. The molecule has 2 aromatic carbocycles. The van der Waals surface area contributed by atoms with Gasteiger partial charge in [-0.15, -0.1) is 5.06 Å². The topological polar surface area (TPSA) is 86.9 Å². The maximum Gasteiger partial charge on any atom is 0.287 e. The van der Waals surface area contributed by atoms with Crippen LogP contribution in [0.1, 0.15) is 27.1 Å². The number of amides is 2. The highest BCUT2D eigenvalue weighted by molar-refractivity contribution is 6.43. The smallest absolute Gasteiger partial charge is 0.287 e. The van der Waals surface area contributed by atoms with Crippen LogP contribution in [0, 0.1) is 0 Å². The Morgan fingerprint density at radius 1 is 1.12 bits per heavy atom. The van der Waals surface area contributed by atoms with Gasteiger partial charge in [-0.1, -0.05) is 23.2 Å². The zero-order valence-corrected chi connectivity index (χ0v) is 13.9. The predicted molar refractivity (Wildman–Crippen MR) is 91.1 cm³/mol. The molecule has 4 rings (SSSR count). The molecule has 2 aliphatic heterocycles. The molecule has 0 radical (unpaired) electrons. The van der Waals surface area contributed by atoms with E-state index in [0.29, 0.717) is 22.3 Å². The van der Waals surface area contributed by atoms with Crippen LogP contribution < -0.4 is 10.6 Å². The molecular weight excluding hydrogens is 353 g/mol. The quantitative estimate of drug-likeness (QED) is 0.599. The molecule has 1 saturated heterocycles. The third-order valence-electron chi connectivity index (χ3n) is 4.56. The Kier molecular flexibility index (Phi) is 3.47. The number of benzene rings is 2. The highest BCUT2D eigenvalue weighted by atomic mass is 35.5. The van der Waals surface area contributed by atoms with Crippen LogP contribution in [0.4, 0.5) is 5.69 Å². The maximum absolute atomic E-state index is 12.3. The molecule has 2 aromatic rings. The molecule has 2 aliphatic rings. The summed E-state index contributed by atoms with van der Waals surface area (Å²) in [4.78, 5) is 26.6. The summed E-state index contributed by atoms with van der Waals surface area (Å²) in [6.45, 7) is 1.37. The molecule has 2 heterocycles. The van der Waals surface area contributed by atoms with Gasteiger partial charge in [0.15, 0.2) is 0 Å². The third-order valence-corrected chi connectivity index (χ3v) is 5.17. The number of nitrogens with two attached hydrogens (primary N) is 1. The van der Waals surface area contributed by atoms with E-state index in [0.717, 1.165) is 18.7 Å². The summed E-state index contributed by atoms with van der Waals surface area (Å²) in [7, 11) is 0. The van der Waals surface area contributed by atoms with Crippen LogP contribution in [-0.4, -0.2) is 41.2 Å². The average Bonchev–Trinajstić information content (AvgIpc) is 2.98. The van der Waals surface area contributed by atoms with Gasteiger partial charge in [-0.05, 0) is 24.6 Å². The van der Waals surface area contributed by atoms with Crippen molar-refractivity contribution >= 4 is 51.5 Å². The minimum Gasteiger partial charge on any atom is -0.369 e. The van der Waals surface area contributed by atoms with E-state index < -0.39 is 11.8 Å². The van der Waals surface area contributed by atoms with E-state index in [9.17, 15) is 14.8 Å². The molecule has 0 spiro atoms. The molecule has 0 aromatic heterocycles. The van der Waals surface area contributed by atoms with Crippen LogP contribution in [0.25, 0.3) is 10.8 Å². The van der Waals surface area contributed by atoms with Crippen molar-refractivity contribution in [3.8, 4) is 0 Å². The van der Waals surface area contributed by atoms with Gasteiger partial charge in [-0.3, -0.25) is 14.8 Å². The average molecular weight is 366 g/mol. The first kappa shape index (κ1) is 15.7. The van der Waals surface area contributed by atoms with E-state index in [4.69, 9.17) is 28.9 Å². The number of hydrogen-bond donors (Lipinski definition) is 2. The van der Waals surface area contributed by atoms with Gasteiger partial charge in [0.05, 0.1) is 21.2 Å². The van der Waals surface area contributed by atoms with Crippen LogP contribution in [-0.2, 0) is 0 Å². The summed E-state index contributed by atoms with van der Waals surface area (Å²) >= 11 is 12.7. The minimum atomic E-state index is -0.852. The zero-order chi connectivity index (χ0) is 17.2. The second kappa shape index (κ2) is 5.32. The second-order valence-electron chi connectivity index (χ2n) is 6.01. The third kappa shape index (κ3) is 2.04. The lowest BCUT2D eigenvalue weighted by molar-refractivity contribution is -0.0377. The number of anilines is 1. The number of carbonyl (C=O) groups excluding carboxylic acids is 2. The van der Waals surface area contributed by atoms with Crippen LogP contribution >= 0.6 is 23.2 Å². The highest BCUT2D eigenvalue weighted by Crippen LogP contribution is 2.43. The molecule has 0 bridgehead atoms. The van der Waals surface area contributed by atoms with Gasteiger partial charge in [0.25, 0.3) is 11.8 Å². The predicted octanol–water partition coefficient (Wildman–Crippen LogP) is 2.67. The van der Waals surface area contributed by atoms with E-state index >= 15 is 0 Å². The molecule has 0 saturated carbocycles. The molecule has 124 valence electrons. The van der Waals surface area contributed by atoms with E-state index in [1.807, 2.05) is 4.90 Å². The Bertz CT molecular complexity index is 915. The summed E-state index contributed by atoms with van der Waals surface area (Å²) in [6, 6.07) is 4.76. The number of carbonyl (C=O) groups is 2. The second-order valence-corrected chi connectivity index (χ2v) is 6.83. The standard InChI is InChI=1S/C16H13Cl2N3O3/c17-9-2-1-8-12-13(9)11(20-4-3-7(19)6-20)5-10(18)14(12)16(23)21(24)15(8)22/h1-2,5,7,24H,3-4,6,19H2/t7-/m0/s1. The SMILES string of the molecule is N[C@H]1CCN(c2cc(Cl)c3c4c(ccc(Cl)c24)C(=O)N(O)C3=O)C1. The van der Waals surface area contributed by atoms with Crippen molar-refractivity contribution in [3.05, 3.63) is 39.4 Å². The van der Waals surface area contributed by atoms with E-state index in [1.54, 1.807) is 12.1 Å². The number of hydroxylamine groups is 2. The molecule has 0 unspecified atom stereocenters. The zero-order valence-electron chi connectivity index (χ0n) is 12.4. The molecule has 24 heavy (non-hydrogen) atoms. The van der Waals surface area contributed by atoms with Gasteiger partial charge in [0, 0.05) is 35.6 Å². The summed E-state index contributed by atoms with van der Waals surface area (Å²) in [5.74, 6) is -1.64. The van der Waals surface area contributed by atoms with Crippen molar-refractivity contribution in [1.29, 1.82) is 0 Å². The molecular formula is C16H13Cl2N3O3. The fourth-order valence-corrected chi connectivity index (χ4v) is 3.96. The van der Waals surface area contributed by atoms with Gasteiger partial charge in [-0.2, -0.15) is 0 Å². The minimum absolute atomic E-state index is 0.0459. The highest BCUT2D eigenvalue weighted by Gasteiger charge is 2.36. The number of halogens is 2. The first-order valence-corrected chi connectivity index (χ1v) is 8.18. The van der Waals surface area contributed by atoms with Crippen LogP contribution in [0.2, 0.25) is 10.0 Å². The fourth-order valence-electron chi connectivity index (χ4n) is 3.43.